The molecule has 98 valence electrons. The summed E-state index contributed by atoms with van der Waals surface area (Å²) in [6, 6.07) is 5.27. The van der Waals surface area contributed by atoms with Gasteiger partial charge in [0.05, 0.1) is 12.3 Å². The topological polar surface area (TPSA) is 38.8 Å². The van der Waals surface area contributed by atoms with Crippen molar-refractivity contribution in [3.8, 4) is 5.75 Å². The van der Waals surface area contributed by atoms with Gasteiger partial charge in [0.15, 0.2) is 5.60 Å². The number of methoxy groups -OCH3 is 1. The molecule has 0 N–H and O–H groups in total. The van der Waals surface area contributed by atoms with Gasteiger partial charge in [0.2, 0.25) is 0 Å². The molecule has 18 heavy (non-hydrogen) atoms. The van der Waals surface area contributed by atoms with Gasteiger partial charge < -0.3 is 14.4 Å². The first-order valence-electron chi connectivity index (χ1n) is 5.75. The van der Waals surface area contributed by atoms with Crippen LogP contribution in [0.4, 0.5) is 5.69 Å². The first-order valence-corrected chi connectivity index (χ1v) is 6.13. The predicted octanol–water partition coefficient (Wildman–Crippen LogP) is 2.49. The standard InChI is InChI=1S/C13H16ClNO3/c1-13(2)12(16)15(6-7-17-3)10-8-9(14)4-5-11(10)18-13/h4-5,8H,6-7H2,1-3H3. The Kier molecular flexibility index (Phi) is 3.50. The molecule has 0 aliphatic carbocycles. The van der Waals surface area contributed by atoms with E-state index in [9.17, 15) is 4.79 Å². The van der Waals surface area contributed by atoms with Crippen LogP contribution in [0.3, 0.4) is 0 Å². The summed E-state index contributed by atoms with van der Waals surface area (Å²) in [5.74, 6) is 0.578. The lowest BCUT2D eigenvalue weighted by molar-refractivity contribution is -0.132. The van der Waals surface area contributed by atoms with Crippen molar-refractivity contribution in [2.75, 3.05) is 25.2 Å². The molecule has 0 saturated carbocycles. The number of benzene rings is 1. The summed E-state index contributed by atoms with van der Waals surface area (Å²) in [6.45, 7) is 4.46. The Morgan fingerprint density at radius 1 is 1.44 bits per heavy atom. The van der Waals surface area contributed by atoms with Gasteiger partial charge in [0.1, 0.15) is 5.75 Å². The van der Waals surface area contributed by atoms with Gasteiger partial charge in [-0.25, -0.2) is 0 Å². The SMILES string of the molecule is COCCN1C(=O)C(C)(C)Oc2ccc(Cl)cc21. The summed E-state index contributed by atoms with van der Waals surface area (Å²) < 4.78 is 10.7. The summed E-state index contributed by atoms with van der Waals surface area (Å²) in [5.41, 5.74) is -0.168. The van der Waals surface area contributed by atoms with Gasteiger partial charge in [0.25, 0.3) is 5.91 Å². The summed E-state index contributed by atoms with van der Waals surface area (Å²) in [6.07, 6.45) is 0. The fourth-order valence-corrected chi connectivity index (χ4v) is 2.11. The Balaban J connectivity index is 2.43. The van der Waals surface area contributed by atoms with Crippen LogP contribution in [0.2, 0.25) is 5.02 Å². The molecule has 4 nitrogen and oxygen atoms in total. The van der Waals surface area contributed by atoms with Crippen LogP contribution in [-0.2, 0) is 9.53 Å². The highest BCUT2D eigenvalue weighted by molar-refractivity contribution is 6.31. The van der Waals surface area contributed by atoms with Crippen LogP contribution < -0.4 is 9.64 Å². The minimum absolute atomic E-state index is 0.0886. The van der Waals surface area contributed by atoms with E-state index in [4.69, 9.17) is 21.1 Å². The second-order valence-corrected chi connectivity index (χ2v) is 5.11. The average Bonchev–Trinajstić information content (AvgIpc) is 2.31. The number of nitrogens with zero attached hydrogens (tertiary/aromatic N) is 1. The molecule has 0 unspecified atom stereocenters. The zero-order valence-corrected chi connectivity index (χ0v) is 11.5. The first kappa shape index (κ1) is 13.2. The molecular formula is C13H16ClNO3. The Bertz CT molecular complexity index is 473. The molecule has 2 rings (SSSR count). The molecule has 1 aliphatic heterocycles. The van der Waals surface area contributed by atoms with Crippen LogP contribution in [0, 0.1) is 0 Å². The molecule has 0 spiro atoms. The van der Waals surface area contributed by atoms with Crippen molar-refractivity contribution >= 4 is 23.2 Å². The van der Waals surface area contributed by atoms with E-state index in [1.54, 1.807) is 44.1 Å². The molecule has 1 aromatic rings. The second-order valence-electron chi connectivity index (χ2n) is 4.67. The number of amides is 1. The van der Waals surface area contributed by atoms with Crippen molar-refractivity contribution in [1.82, 2.24) is 0 Å². The number of carbonyl (C=O) groups excluding carboxylic acids is 1. The molecule has 0 aromatic heterocycles. The third-order valence-electron chi connectivity index (χ3n) is 2.86. The van der Waals surface area contributed by atoms with Gasteiger partial charge in [-0.3, -0.25) is 4.79 Å². The molecule has 0 atom stereocenters. The maximum atomic E-state index is 12.3. The van der Waals surface area contributed by atoms with Gasteiger partial charge in [0, 0.05) is 18.7 Å². The van der Waals surface area contributed by atoms with Crippen LogP contribution in [0.25, 0.3) is 0 Å². The Morgan fingerprint density at radius 3 is 2.83 bits per heavy atom. The second kappa shape index (κ2) is 4.78. The van der Waals surface area contributed by atoms with Crippen molar-refractivity contribution in [1.29, 1.82) is 0 Å². The molecule has 0 saturated heterocycles. The molecule has 1 aliphatic rings. The summed E-state index contributed by atoms with van der Waals surface area (Å²) in [4.78, 5) is 14.0. The number of hydrogen-bond acceptors (Lipinski definition) is 3. The number of anilines is 1. The van der Waals surface area contributed by atoms with E-state index in [2.05, 4.69) is 0 Å². The van der Waals surface area contributed by atoms with Crippen LogP contribution in [0.15, 0.2) is 18.2 Å². The Morgan fingerprint density at radius 2 is 2.17 bits per heavy atom. The third-order valence-corrected chi connectivity index (χ3v) is 3.09. The van der Waals surface area contributed by atoms with Gasteiger partial charge in [-0.1, -0.05) is 11.6 Å². The number of rotatable bonds is 3. The van der Waals surface area contributed by atoms with Gasteiger partial charge in [-0.15, -0.1) is 0 Å². The van der Waals surface area contributed by atoms with E-state index < -0.39 is 5.60 Å². The Hall–Kier alpha value is -1.26. The summed E-state index contributed by atoms with van der Waals surface area (Å²) >= 11 is 5.97. The maximum Gasteiger partial charge on any atom is 0.270 e. The lowest BCUT2D eigenvalue weighted by atomic mass is 10.0. The highest BCUT2D eigenvalue weighted by atomic mass is 35.5. The number of ether oxygens (including phenoxy) is 2. The quantitative estimate of drug-likeness (QED) is 0.846. The normalized spacial score (nSPS) is 17.3. The molecule has 1 aromatic carbocycles. The number of hydrogen-bond donors (Lipinski definition) is 0. The molecule has 1 amide bonds. The van der Waals surface area contributed by atoms with E-state index in [1.807, 2.05) is 0 Å². The highest BCUT2D eigenvalue weighted by Crippen LogP contribution is 2.39. The molecule has 0 fully saturated rings. The van der Waals surface area contributed by atoms with E-state index >= 15 is 0 Å². The highest BCUT2D eigenvalue weighted by Gasteiger charge is 2.40. The van der Waals surface area contributed by atoms with Crippen LogP contribution in [0.1, 0.15) is 13.8 Å². The van der Waals surface area contributed by atoms with Gasteiger partial charge in [-0.05, 0) is 32.0 Å². The van der Waals surface area contributed by atoms with Gasteiger partial charge in [-0.2, -0.15) is 0 Å². The zero-order chi connectivity index (χ0) is 13.3. The fourth-order valence-electron chi connectivity index (χ4n) is 1.95. The smallest absolute Gasteiger partial charge is 0.270 e. The zero-order valence-electron chi connectivity index (χ0n) is 10.7. The van der Waals surface area contributed by atoms with Crippen LogP contribution in [-0.4, -0.2) is 31.8 Å². The van der Waals surface area contributed by atoms with E-state index in [1.165, 1.54) is 0 Å². The fraction of sp³-hybridized carbons (Fsp3) is 0.462. The molecular weight excluding hydrogens is 254 g/mol. The monoisotopic (exact) mass is 269 g/mol. The van der Waals surface area contributed by atoms with E-state index in [-0.39, 0.29) is 5.91 Å². The minimum Gasteiger partial charge on any atom is -0.476 e. The van der Waals surface area contributed by atoms with Crippen LogP contribution in [0.5, 0.6) is 5.75 Å². The number of halogens is 1. The lowest BCUT2D eigenvalue weighted by Crippen LogP contribution is -2.53. The number of carbonyl (C=O) groups is 1. The first-order chi connectivity index (χ1) is 8.45. The molecule has 0 bridgehead atoms. The van der Waals surface area contributed by atoms with Crippen molar-refractivity contribution < 1.29 is 14.3 Å². The molecule has 5 heteroatoms. The maximum absolute atomic E-state index is 12.3. The molecule has 0 radical (unpaired) electrons. The molecule has 1 heterocycles. The average molecular weight is 270 g/mol. The lowest BCUT2D eigenvalue weighted by Gasteiger charge is -2.38. The van der Waals surface area contributed by atoms with E-state index in [0.29, 0.717) is 29.6 Å². The van der Waals surface area contributed by atoms with Crippen molar-refractivity contribution in [2.24, 2.45) is 0 Å². The number of fused-ring (bicyclic) bond motifs is 1. The van der Waals surface area contributed by atoms with Crippen molar-refractivity contribution in [2.45, 2.75) is 19.4 Å². The summed E-state index contributed by atoms with van der Waals surface area (Å²) in [5, 5.41) is 0.576. The Labute approximate surface area is 111 Å². The van der Waals surface area contributed by atoms with Crippen molar-refractivity contribution in [3.05, 3.63) is 23.2 Å². The van der Waals surface area contributed by atoms with Crippen molar-refractivity contribution in [3.63, 3.8) is 0 Å². The van der Waals surface area contributed by atoms with Gasteiger partial charge >= 0.3 is 0 Å². The predicted molar refractivity (Wildman–Crippen MR) is 70.4 cm³/mol. The van der Waals surface area contributed by atoms with Crippen LogP contribution >= 0.6 is 11.6 Å². The minimum atomic E-state index is -0.866. The summed E-state index contributed by atoms with van der Waals surface area (Å²) in [7, 11) is 1.61. The largest absolute Gasteiger partial charge is 0.476 e. The van der Waals surface area contributed by atoms with E-state index in [0.717, 1.165) is 0 Å². The third kappa shape index (κ3) is 2.31.